The molecule has 0 atom stereocenters. The number of rotatable bonds is 4. The zero-order valence-electron chi connectivity index (χ0n) is 8.21. The van der Waals surface area contributed by atoms with E-state index in [9.17, 15) is 4.79 Å². The van der Waals surface area contributed by atoms with Gasteiger partial charge in [0.15, 0.2) is 0 Å². The molecule has 1 amide bonds. The lowest BCUT2D eigenvalue weighted by atomic mass is 9.97. The minimum atomic E-state index is -0.0970. The molecule has 0 fully saturated rings. The number of aromatic nitrogens is 1. The van der Waals surface area contributed by atoms with Gasteiger partial charge in [0.05, 0.1) is 5.51 Å². The van der Waals surface area contributed by atoms with Gasteiger partial charge in [0.25, 0.3) is 5.91 Å². The van der Waals surface area contributed by atoms with Crippen molar-refractivity contribution in [3.05, 3.63) is 16.6 Å². The van der Waals surface area contributed by atoms with Crippen molar-refractivity contribution in [2.45, 2.75) is 13.8 Å². The van der Waals surface area contributed by atoms with Crippen LogP contribution < -0.4 is 5.32 Å². The van der Waals surface area contributed by atoms with E-state index in [4.69, 9.17) is 0 Å². The van der Waals surface area contributed by atoms with Gasteiger partial charge in [-0.15, -0.1) is 11.3 Å². The van der Waals surface area contributed by atoms with Crippen molar-refractivity contribution in [3.63, 3.8) is 0 Å². The van der Waals surface area contributed by atoms with E-state index in [-0.39, 0.29) is 11.3 Å². The van der Waals surface area contributed by atoms with Crippen LogP contribution >= 0.6 is 27.3 Å². The summed E-state index contributed by atoms with van der Waals surface area (Å²) in [6.07, 6.45) is 0. The first-order valence-corrected chi connectivity index (χ1v) is 6.34. The SMILES string of the molecule is CC(C)(CBr)CNC(=O)c1cscn1. The molecule has 1 aromatic rings. The average molecular weight is 277 g/mol. The smallest absolute Gasteiger partial charge is 0.270 e. The molecule has 78 valence electrons. The lowest BCUT2D eigenvalue weighted by molar-refractivity contribution is 0.0936. The molecule has 0 saturated heterocycles. The molecule has 0 saturated carbocycles. The minimum Gasteiger partial charge on any atom is -0.350 e. The van der Waals surface area contributed by atoms with E-state index >= 15 is 0 Å². The number of thiazole rings is 1. The Morgan fingerprint density at radius 2 is 2.43 bits per heavy atom. The largest absolute Gasteiger partial charge is 0.350 e. The highest BCUT2D eigenvalue weighted by molar-refractivity contribution is 9.09. The molecule has 14 heavy (non-hydrogen) atoms. The molecule has 3 nitrogen and oxygen atoms in total. The third-order valence-corrected chi connectivity index (χ3v) is 3.86. The Kier molecular flexibility index (Phi) is 4.07. The van der Waals surface area contributed by atoms with Gasteiger partial charge in [-0.1, -0.05) is 29.8 Å². The van der Waals surface area contributed by atoms with Crippen LogP contribution in [0.5, 0.6) is 0 Å². The fourth-order valence-corrected chi connectivity index (χ4v) is 1.51. The standard InChI is InChI=1S/C9H13BrN2OS/c1-9(2,4-10)5-11-8(13)7-3-14-6-12-7/h3,6H,4-5H2,1-2H3,(H,11,13). The number of halogens is 1. The lowest BCUT2D eigenvalue weighted by Gasteiger charge is -2.21. The molecule has 0 aliphatic rings. The van der Waals surface area contributed by atoms with Crippen molar-refractivity contribution in [1.29, 1.82) is 0 Å². The molecular formula is C9H13BrN2OS. The monoisotopic (exact) mass is 276 g/mol. The number of amides is 1. The van der Waals surface area contributed by atoms with Crippen molar-refractivity contribution in [2.75, 3.05) is 11.9 Å². The third kappa shape index (κ3) is 3.38. The summed E-state index contributed by atoms with van der Waals surface area (Å²) in [5, 5.41) is 5.46. The average Bonchev–Trinajstić information content (AvgIpc) is 2.67. The van der Waals surface area contributed by atoms with Crippen LogP contribution in [0.3, 0.4) is 0 Å². The second kappa shape index (κ2) is 4.89. The van der Waals surface area contributed by atoms with Crippen molar-refractivity contribution in [1.82, 2.24) is 10.3 Å². The van der Waals surface area contributed by atoms with Gasteiger partial charge in [-0.05, 0) is 5.41 Å². The second-order valence-corrected chi connectivity index (χ2v) is 5.13. The van der Waals surface area contributed by atoms with Crippen molar-refractivity contribution < 1.29 is 4.79 Å². The molecule has 0 aliphatic heterocycles. The summed E-state index contributed by atoms with van der Waals surface area (Å²) in [7, 11) is 0. The molecule has 0 spiro atoms. The summed E-state index contributed by atoms with van der Waals surface area (Å²) in [6.45, 7) is 4.82. The molecule has 5 heteroatoms. The highest BCUT2D eigenvalue weighted by Crippen LogP contribution is 2.16. The molecule has 1 aromatic heterocycles. The number of hydrogen-bond acceptors (Lipinski definition) is 3. The van der Waals surface area contributed by atoms with E-state index in [1.54, 1.807) is 10.9 Å². The molecule has 1 heterocycles. The van der Waals surface area contributed by atoms with Crippen molar-refractivity contribution in [3.8, 4) is 0 Å². The Bertz CT molecular complexity index is 298. The van der Waals surface area contributed by atoms with Crippen LogP contribution in [0.2, 0.25) is 0 Å². The van der Waals surface area contributed by atoms with Gasteiger partial charge in [0.2, 0.25) is 0 Å². The molecule has 0 bridgehead atoms. The molecule has 1 N–H and O–H groups in total. The zero-order chi connectivity index (χ0) is 10.6. The van der Waals surface area contributed by atoms with Crippen LogP contribution in [-0.4, -0.2) is 22.8 Å². The molecule has 0 radical (unpaired) electrons. The fourth-order valence-electron chi connectivity index (χ4n) is 0.782. The normalized spacial score (nSPS) is 11.4. The highest BCUT2D eigenvalue weighted by Gasteiger charge is 2.17. The molecule has 0 aromatic carbocycles. The number of carbonyl (C=O) groups excluding carboxylic acids is 1. The van der Waals surface area contributed by atoms with Gasteiger partial charge < -0.3 is 5.32 Å². The van der Waals surface area contributed by atoms with Crippen LogP contribution in [-0.2, 0) is 0 Å². The van der Waals surface area contributed by atoms with Gasteiger partial charge in [0, 0.05) is 17.3 Å². The topological polar surface area (TPSA) is 42.0 Å². The van der Waals surface area contributed by atoms with E-state index in [1.807, 2.05) is 0 Å². The van der Waals surface area contributed by atoms with Crippen LogP contribution in [0, 0.1) is 5.41 Å². The minimum absolute atomic E-state index is 0.0751. The molecule has 0 aliphatic carbocycles. The van der Waals surface area contributed by atoms with Crippen molar-refractivity contribution in [2.24, 2.45) is 5.41 Å². The maximum atomic E-state index is 11.5. The Balaban J connectivity index is 2.43. The van der Waals surface area contributed by atoms with Crippen LogP contribution in [0.15, 0.2) is 10.9 Å². The first-order valence-electron chi connectivity index (χ1n) is 4.27. The molecular weight excluding hydrogens is 264 g/mol. The van der Waals surface area contributed by atoms with Gasteiger partial charge in [0.1, 0.15) is 5.69 Å². The second-order valence-electron chi connectivity index (χ2n) is 3.85. The summed E-state index contributed by atoms with van der Waals surface area (Å²) in [5.41, 5.74) is 2.23. The summed E-state index contributed by atoms with van der Waals surface area (Å²) < 4.78 is 0. The number of alkyl halides is 1. The van der Waals surface area contributed by atoms with E-state index < -0.39 is 0 Å². The van der Waals surface area contributed by atoms with Crippen LogP contribution in [0.4, 0.5) is 0 Å². The van der Waals surface area contributed by atoms with Crippen LogP contribution in [0.25, 0.3) is 0 Å². The molecule has 1 rings (SSSR count). The van der Waals surface area contributed by atoms with Gasteiger partial charge >= 0.3 is 0 Å². The number of hydrogen-bond donors (Lipinski definition) is 1. The highest BCUT2D eigenvalue weighted by atomic mass is 79.9. The number of nitrogens with one attached hydrogen (secondary N) is 1. The van der Waals surface area contributed by atoms with Crippen LogP contribution in [0.1, 0.15) is 24.3 Å². The predicted molar refractivity (Wildman–Crippen MR) is 62.0 cm³/mol. The van der Waals surface area contributed by atoms with E-state index in [2.05, 4.69) is 40.1 Å². The number of carbonyl (C=O) groups is 1. The third-order valence-electron chi connectivity index (χ3n) is 1.75. The maximum absolute atomic E-state index is 11.5. The summed E-state index contributed by atoms with van der Waals surface area (Å²) in [4.78, 5) is 15.4. The van der Waals surface area contributed by atoms with E-state index in [0.717, 1.165) is 5.33 Å². The maximum Gasteiger partial charge on any atom is 0.270 e. The predicted octanol–water partition coefficient (Wildman–Crippen LogP) is 2.29. The number of nitrogens with zero attached hydrogens (tertiary/aromatic N) is 1. The van der Waals surface area contributed by atoms with Gasteiger partial charge in [-0.3, -0.25) is 4.79 Å². The van der Waals surface area contributed by atoms with E-state index in [1.165, 1.54) is 11.3 Å². The van der Waals surface area contributed by atoms with Gasteiger partial charge in [-0.2, -0.15) is 0 Å². The van der Waals surface area contributed by atoms with E-state index in [0.29, 0.717) is 12.2 Å². The first-order chi connectivity index (χ1) is 6.55. The Labute approximate surface area is 96.1 Å². The summed E-state index contributed by atoms with van der Waals surface area (Å²) in [6, 6.07) is 0. The van der Waals surface area contributed by atoms with Crippen molar-refractivity contribution >= 4 is 33.2 Å². The Morgan fingerprint density at radius 1 is 1.71 bits per heavy atom. The first kappa shape index (κ1) is 11.7. The molecule has 0 unspecified atom stereocenters. The Hall–Kier alpha value is -0.420. The summed E-state index contributed by atoms with van der Waals surface area (Å²) >= 11 is 4.83. The van der Waals surface area contributed by atoms with Gasteiger partial charge in [-0.25, -0.2) is 4.98 Å². The Morgan fingerprint density at radius 3 is 2.93 bits per heavy atom. The quantitative estimate of drug-likeness (QED) is 0.858. The fraction of sp³-hybridized carbons (Fsp3) is 0.556. The zero-order valence-corrected chi connectivity index (χ0v) is 10.6. The summed E-state index contributed by atoms with van der Waals surface area (Å²) in [5.74, 6) is -0.0970. The lowest BCUT2D eigenvalue weighted by Crippen LogP contribution is -2.35.